The standard InChI is InChI=1S/C14H10ClN7O.C14H10FN7O/c15-8-3-4-17-9(6-8)7-22-13-12(20-21-22)11(18-14(16)19-13)10-2-1-5-23-10;15-10-5-1-3-8(17-10)7-22-13-12(20-21-22)11(18-14(16)19-13)9-4-2-6-23-9/h2*1-6H,7H2,(H2,16,18,19). The summed E-state index contributed by atoms with van der Waals surface area (Å²) in [6.07, 6.45) is 4.72. The van der Waals surface area contributed by atoms with Crippen molar-refractivity contribution in [2.24, 2.45) is 0 Å². The molecule has 46 heavy (non-hydrogen) atoms. The summed E-state index contributed by atoms with van der Waals surface area (Å²) in [6.45, 7) is 0.577. The fraction of sp³-hybridized carbons (Fsp3) is 0.0714. The summed E-state index contributed by atoms with van der Waals surface area (Å²) in [5.41, 5.74) is 15.7. The predicted molar refractivity (Wildman–Crippen MR) is 162 cm³/mol. The van der Waals surface area contributed by atoms with Crippen LogP contribution in [0.15, 0.2) is 82.2 Å². The summed E-state index contributed by atoms with van der Waals surface area (Å²) in [5, 5.41) is 17.0. The van der Waals surface area contributed by atoms with Gasteiger partial charge in [0.25, 0.3) is 0 Å². The van der Waals surface area contributed by atoms with Gasteiger partial charge in [-0.2, -0.15) is 14.4 Å². The van der Waals surface area contributed by atoms with Gasteiger partial charge in [-0.1, -0.05) is 28.1 Å². The summed E-state index contributed by atoms with van der Waals surface area (Å²) in [6, 6.07) is 15.0. The molecule has 8 heterocycles. The number of nitrogen functional groups attached to an aromatic ring is 2. The maximum atomic E-state index is 13.2. The first kappa shape index (κ1) is 28.4. The highest BCUT2D eigenvalue weighted by Gasteiger charge is 2.19. The van der Waals surface area contributed by atoms with Gasteiger partial charge in [-0.25, -0.2) is 24.3 Å². The largest absolute Gasteiger partial charge is 0.463 e. The van der Waals surface area contributed by atoms with Crippen LogP contribution in [-0.4, -0.2) is 59.9 Å². The number of fused-ring (bicyclic) bond motifs is 2. The number of pyridine rings is 2. The van der Waals surface area contributed by atoms with Crippen LogP contribution in [0.2, 0.25) is 5.02 Å². The summed E-state index contributed by atoms with van der Waals surface area (Å²) >= 11 is 5.98. The number of rotatable bonds is 6. The van der Waals surface area contributed by atoms with Crippen LogP contribution in [0.3, 0.4) is 0 Å². The monoisotopic (exact) mass is 638 g/mol. The van der Waals surface area contributed by atoms with E-state index in [-0.39, 0.29) is 18.4 Å². The summed E-state index contributed by atoms with van der Waals surface area (Å²) in [4.78, 5) is 24.8. The molecule has 8 rings (SSSR count). The Morgan fingerprint density at radius 3 is 1.80 bits per heavy atom. The predicted octanol–water partition coefficient (Wildman–Crippen LogP) is 3.81. The molecule has 8 aromatic rings. The van der Waals surface area contributed by atoms with Crippen molar-refractivity contribution in [1.82, 2.24) is 59.9 Å². The molecule has 4 N–H and O–H groups in total. The first-order chi connectivity index (χ1) is 22.4. The molecule has 0 saturated heterocycles. The number of nitrogens with two attached hydrogens (primary N) is 2. The van der Waals surface area contributed by atoms with Crippen molar-refractivity contribution in [3.8, 4) is 22.9 Å². The van der Waals surface area contributed by atoms with E-state index in [2.05, 4.69) is 50.5 Å². The van der Waals surface area contributed by atoms with Crippen LogP contribution in [0.5, 0.6) is 0 Å². The molecule has 0 amide bonds. The fourth-order valence-electron chi connectivity index (χ4n) is 4.51. The van der Waals surface area contributed by atoms with Gasteiger partial charge in [-0.3, -0.25) is 4.98 Å². The maximum Gasteiger partial charge on any atom is 0.222 e. The minimum absolute atomic E-state index is 0.0691. The van der Waals surface area contributed by atoms with Gasteiger partial charge >= 0.3 is 0 Å². The van der Waals surface area contributed by atoms with Crippen LogP contribution < -0.4 is 11.5 Å². The van der Waals surface area contributed by atoms with Gasteiger partial charge in [0.1, 0.15) is 11.4 Å². The van der Waals surface area contributed by atoms with Crippen LogP contribution in [0, 0.1) is 5.95 Å². The van der Waals surface area contributed by atoms with Crippen LogP contribution in [-0.2, 0) is 13.1 Å². The Bertz CT molecular complexity index is 2120. The third-order valence-corrected chi connectivity index (χ3v) is 6.68. The lowest BCUT2D eigenvalue weighted by atomic mass is 10.3. The lowest BCUT2D eigenvalue weighted by molar-refractivity contribution is 0.565. The topological polar surface area (TPSA) is 217 Å². The minimum atomic E-state index is -0.558. The highest BCUT2D eigenvalue weighted by molar-refractivity contribution is 6.30. The van der Waals surface area contributed by atoms with Gasteiger partial charge in [-0.05, 0) is 48.5 Å². The normalized spacial score (nSPS) is 11.2. The molecule has 0 aliphatic rings. The molecule has 0 radical (unpaired) electrons. The van der Waals surface area contributed by atoms with E-state index < -0.39 is 5.95 Å². The number of furan rings is 2. The number of anilines is 2. The van der Waals surface area contributed by atoms with E-state index in [1.54, 1.807) is 65.7 Å². The Balaban J connectivity index is 0.000000147. The van der Waals surface area contributed by atoms with Crippen LogP contribution in [0.1, 0.15) is 11.4 Å². The van der Waals surface area contributed by atoms with Gasteiger partial charge < -0.3 is 20.3 Å². The molecule has 16 nitrogen and oxygen atoms in total. The number of hydrogen-bond acceptors (Lipinski definition) is 14. The van der Waals surface area contributed by atoms with E-state index >= 15 is 0 Å². The van der Waals surface area contributed by atoms with Crippen molar-refractivity contribution in [2.75, 3.05) is 11.5 Å². The SMILES string of the molecule is Nc1nc(-c2ccco2)c2nnn(Cc3cc(Cl)ccn3)c2n1.Nc1nc(-c2ccco2)c2nnn(Cc3cccc(F)n3)c2n1. The molecule has 0 fully saturated rings. The smallest absolute Gasteiger partial charge is 0.222 e. The summed E-state index contributed by atoms with van der Waals surface area (Å²) in [5.74, 6) is 0.695. The molecule has 0 spiro atoms. The number of hydrogen-bond donors (Lipinski definition) is 2. The number of nitrogens with zero attached hydrogens (tertiary/aromatic N) is 12. The number of aromatic nitrogens is 12. The average molecular weight is 639 g/mol. The Hall–Kier alpha value is -6.36. The van der Waals surface area contributed by atoms with Crippen LogP contribution >= 0.6 is 11.6 Å². The minimum Gasteiger partial charge on any atom is -0.463 e. The highest BCUT2D eigenvalue weighted by Crippen LogP contribution is 2.27. The van der Waals surface area contributed by atoms with E-state index in [9.17, 15) is 4.39 Å². The molecule has 0 aliphatic heterocycles. The maximum absolute atomic E-state index is 13.2. The van der Waals surface area contributed by atoms with Gasteiger partial charge in [0.05, 0.1) is 37.0 Å². The van der Waals surface area contributed by atoms with Crippen molar-refractivity contribution in [2.45, 2.75) is 13.1 Å². The molecule has 0 saturated carbocycles. The Morgan fingerprint density at radius 2 is 1.28 bits per heavy atom. The van der Waals surface area contributed by atoms with Gasteiger partial charge in [0.2, 0.25) is 17.8 Å². The molecule has 0 unspecified atom stereocenters. The van der Waals surface area contributed by atoms with Gasteiger partial charge in [0.15, 0.2) is 33.8 Å². The summed E-state index contributed by atoms with van der Waals surface area (Å²) in [7, 11) is 0. The van der Waals surface area contributed by atoms with Crippen LogP contribution in [0.25, 0.3) is 45.2 Å². The van der Waals surface area contributed by atoms with E-state index in [0.29, 0.717) is 62.5 Å². The van der Waals surface area contributed by atoms with Crippen molar-refractivity contribution in [3.63, 3.8) is 0 Å². The summed E-state index contributed by atoms with van der Waals surface area (Å²) < 4.78 is 27.0. The molecule has 0 bridgehead atoms. The first-order valence-electron chi connectivity index (χ1n) is 13.4. The molecule has 8 aromatic heterocycles. The zero-order valence-corrected chi connectivity index (χ0v) is 24.2. The van der Waals surface area contributed by atoms with Crippen molar-refractivity contribution >= 4 is 45.8 Å². The third kappa shape index (κ3) is 5.76. The lowest BCUT2D eigenvalue weighted by Gasteiger charge is -2.03. The molecule has 0 aromatic carbocycles. The van der Waals surface area contributed by atoms with E-state index in [1.807, 2.05) is 0 Å². The average Bonchev–Trinajstić information content (AvgIpc) is 3.86. The molecule has 228 valence electrons. The van der Waals surface area contributed by atoms with Crippen molar-refractivity contribution in [1.29, 1.82) is 0 Å². The molecule has 0 aliphatic carbocycles. The molecular formula is C28H20ClFN14O2. The van der Waals surface area contributed by atoms with E-state index in [1.165, 1.54) is 17.0 Å². The molecule has 18 heteroatoms. The van der Waals surface area contributed by atoms with Crippen LogP contribution in [0.4, 0.5) is 16.3 Å². The number of halogens is 2. The van der Waals surface area contributed by atoms with E-state index in [4.69, 9.17) is 31.9 Å². The highest BCUT2D eigenvalue weighted by atomic mass is 35.5. The van der Waals surface area contributed by atoms with Crippen molar-refractivity contribution in [3.05, 3.63) is 95.7 Å². The Morgan fingerprint density at radius 1 is 0.696 bits per heavy atom. The van der Waals surface area contributed by atoms with Gasteiger partial charge in [0, 0.05) is 11.2 Å². The quantitative estimate of drug-likeness (QED) is 0.248. The zero-order chi connectivity index (χ0) is 31.6. The Kier molecular flexibility index (Phi) is 7.39. The lowest BCUT2D eigenvalue weighted by Crippen LogP contribution is -2.06. The molecular weight excluding hydrogens is 619 g/mol. The zero-order valence-electron chi connectivity index (χ0n) is 23.4. The second-order valence-corrected chi connectivity index (χ2v) is 10.0. The fourth-order valence-corrected chi connectivity index (χ4v) is 4.69. The Labute approximate surface area is 261 Å². The second kappa shape index (κ2) is 12.0. The first-order valence-corrected chi connectivity index (χ1v) is 13.8. The third-order valence-electron chi connectivity index (χ3n) is 6.44. The second-order valence-electron chi connectivity index (χ2n) is 9.57. The van der Waals surface area contributed by atoms with Crippen molar-refractivity contribution < 1.29 is 13.2 Å². The van der Waals surface area contributed by atoms with Gasteiger partial charge in [-0.15, -0.1) is 10.2 Å². The van der Waals surface area contributed by atoms with E-state index in [0.717, 1.165) is 5.69 Å². The molecule has 0 atom stereocenters.